The predicted molar refractivity (Wildman–Crippen MR) is 123 cm³/mol. The lowest BCUT2D eigenvalue weighted by Crippen LogP contribution is -2.68. The number of carbonyl (C=O) groups is 1. The van der Waals surface area contributed by atoms with Crippen LogP contribution < -0.4 is 5.32 Å². The molecule has 170 valence electrons. The van der Waals surface area contributed by atoms with E-state index in [-0.39, 0.29) is 30.6 Å². The maximum Gasteiger partial charge on any atom is 0.317 e. The third-order valence-corrected chi connectivity index (χ3v) is 7.53. The van der Waals surface area contributed by atoms with Gasteiger partial charge in [-0.2, -0.15) is 0 Å². The zero-order valence-corrected chi connectivity index (χ0v) is 18.6. The zero-order chi connectivity index (χ0) is 21.9. The third kappa shape index (κ3) is 4.24. The molecule has 2 N–H and O–H groups in total. The molecule has 7 nitrogen and oxygen atoms in total. The van der Waals surface area contributed by atoms with Crippen molar-refractivity contribution in [2.45, 2.75) is 62.6 Å². The molecule has 1 aliphatic carbocycles. The number of benzene rings is 1. The summed E-state index contributed by atoms with van der Waals surface area (Å²) < 4.78 is 0. The number of amides is 2. The molecule has 32 heavy (non-hydrogen) atoms. The van der Waals surface area contributed by atoms with Gasteiger partial charge in [0.05, 0.1) is 6.61 Å². The molecule has 3 aliphatic rings. The Morgan fingerprint density at radius 1 is 1.00 bits per heavy atom. The van der Waals surface area contributed by atoms with Crippen molar-refractivity contribution in [1.29, 1.82) is 0 Å². The number of carbonyl (C=O) groups excluding carboxylic acids is 1. The molecule has 2 aromatic rings. The fourth-order valence-corrected chi connectivity index (χ4v) is 5.81. The second kappa shape index (κ2) is 9.55. The molecule has 0 spiro atoms. The molecule has 3 atom stereocenters. The highest BCUT2D eigenvalue weighted by atomic mass is 16.3. The quantitative estimate of drug-likeness (QED) is 0.772. The number of urea groups is 1. The average molecular weight is 436 g/mol. The Balaban J connectivity index is 1.33. The summed E-state index contributed by atoms with van der Waals surface area (Å²) in [5.41, 5.74) is 3.30. The lowest BCUT2D eigenvalue weighted by molar-refractivity contribution is -0.0591. The molecule has 3 fully saturated rings. The van der Waals surface area contributed by atoms with E-state index in [1.54, 1.807) is 0 Å². The maximum absolute atomic E-state index is 13.0. The molecule has 3 heterocycles. The highest BCUT2D eigenvalue weighted by molar-refractivity contribution is 5.74. The monoisotopic (exact) mass is 435 g/mol. The molecule has 5 rings (SSSR count). The molecule has 1 saturated carbocycles. The van der Waals surface area contributed by atoms with E-state index >= 15 is 0 Å². The maximum atomic E-state index is 13.0. The number of hydrogen-bond donors (Lipinski definition) is 2. The fraction of sp³-hybridized carbons (Fsp3) is 0.560. The van der Waals surface area contributed by atoms with Crippen LogP contribution in [-0.2, 0) is 0 Å². The highest BCUT2D eigenvalue weighted by Crippen LogP contribution is 2.42. The van der Waals surface area contributed by atoms with Crippen molar-refractivity contribution in [2.75, 3.05) is 26.2 Å². The van der Waals surface area contributed by atoms with Crippen molar-refractivity contribution >= 4 is 6.03 Å². The Labute approximate surface area is 189 Å². The van der Waals surface area contributed by atoms with Gasteiger partial charge < -0.3 is 15.3 Å². The summed E-state index contributed by atoms with van der Waals surface area (Å²) in [6.45, 7) is 2.66. The van der Waals surface area contributed by atoms with Gasteiger partial charge in [0.1, 0.15) is 6.33 Å². The first-order valence-corrected chi connectivity index (χ1v) is 12.0. The molecular weight excluding hydrogens is 402 g/mol. The molecule has 1 aromatic carbocycles. The Kier molecular flexibility index (Phi) is 6.37. The van der Waals surface area contributed by atoms with E-state index in [0.717, 1.165) is 49.9 Å². The van der Waals surface area contributed by atoms with Crippen LogP contribution in [0.2, 0.25) is 0 Å². The molecule has 2 amide bonds. The van der Waals surface area contributed by atoms with Gasteiger partial charge in [-0.15, -0.1) is 0 Å². The van der Waals surface area contributed by atoms with Crippen LogP contribution in [0.15, 0.2) is 43.0 Å². The Morgan fingerprint density at radius 3 is 2.44 bits per heavy atom. The van der Waals surface area contributed by atoms with E-state index in [2.05, 4.69) is 44.5 Å². The summed E-state index contributed by atoms with van der Waals surface area (Å²) in [5.74, 6) is 0.223. The Hall–Kier alpha value is -2.51. The summed E-state index contributed by atoms with van der Waals surface area (Å²) >= 11 is 0. The number of nitrogens with zero attached hydrogens (tertiary/aromatic N) is 4. The van der Waals surface area contributed by atoms with E-state index < -0.39 is 0 Å². The Bertz CT molecular complexity index is 900. The number of aliphatic hydroxyl groups excluding tert-OH is 1. The van der Waals surface area contributed by atoms with Gasteiger partial charge in [0.15, 0.2) is 0 Å². The largest absolute Gasteiger partial charge is 0.395 e. The van der Waals surface area contributed by atoms with Crippen molar-refractivity contribution in [3.05, 3.63) is 48.5 Å². The molecule has 2 saturated heterocycles. The molecule has 0 bridgehead atoms. The van der Waals surface area contributed by atoms with Crippen molar-refractivity contribution < 1.29 is 9.90 Å². The Morgan fingerprint density at radius 2 is 1.72 bits per heavy atom. The standard InChI is InChI=1S/C25H33N5O2/c31-16-23-24(19-9-7-18(8-10-19)20-13-26-17-27-14-20)22-15-29(11-3-4-12-30(22)23)25(32)28-21-5-1-2-6-21/h7-10,13-14,17,21-24,31H,1-6,11-12,15-16H2,(H,28,32)/t22-,23+,24+/m1/s1. The van der Waals surface area contributed by atoms with Gasteiger partial charge in [-0.3, -0.25) is 4.90 Å². The smallest absolute Gasteiger partial charge is 0.317 e. The number of nitrogens with one attached hydrogen (secondary N) is 1. The van der Waals surface area contributed by atoms with E-state index in [9.17, 15) is 9.90 Å². The van der Waals surface area contributed by atoms with Crippen molar-refractivity contribution in [3.8, 4) is 11.1 Å². The van der Waals surface area contributed by atoms with Crippen LogP contribution in [0, 0.1) is 0 Å². The first-order chi connectivity index (χ1) is 15.7. The molecule has 0 radical (unpaired) electrons. The minimum atomic E-state index is 0.0874. The summed E-state index contributed by atoms with van der Waals surface area (Å²) in [6.07, 6.45) is 11.9. The summed E-state index contributed by atoms with van der Waals surface area (Å²) in [5, 5.41) is 13.4. The SMILES string of the molecule is O=C(NC1CCCC1)N1CCCCN2[C@H](C1)[C@H](c1ccc(-c3cncnc3)cc1)[C@@H]2CO. The van der Waals surface area contributed by atoms with Gasteiger partial charge in [0, 0.05) is 55.1 Å². The molecule has 2 aliphatic heterocycles. The van der Waals surface area contributed by atoms with Crippen molar-refractivity contribution in [1.82, 2.24) is 25.1 Å². The van der Waals surface area contributed by atoms with Crippen LogP contribution in [0.3, 0.4) is 0 Å². The van der Waals surface area contributed by atoms with Gasteiger partial charge in [-0.25, -0.2) is 14.8 Å². The second-order valence-corrected chi connectivity index (χ2v) is 9.41. The van der Waals surface area contributed by atoms with Gasteiger partial charge >= 0.3 is 6.03 Å². The van der Waals surface area contributed by atoms with Crippen LogP contribution in [0.1, 0.15) is 50.0 Å². The number of rotatable bonds is 4. The van der Waals surface area contributed by atoms with E-state index in [1.807, 2.05) is 17.3 Å². The van der Waals surface area contributed by atoms with E-state index in [0.29, 0.717) is 12.6 Å². The van der Waals surface area contributed by atoms with E-state index in [1.165, 1.54) is 24.7 Å². The van der Waals surface area contributed by atoms with Gasteiger partial charge in [0.25, 0.3) is 0 Å². The van der Waals surface area contributed by atoms with Crippen LogP contribution in [0.5, 0.6) is 0 Å². The number of aromatic nitrogens is 2. The van der Waals surface area contributed by atoms with Crippen molar-refractivity contribution in [2.24, 2.45) is 0 Å². The number of aliphatic hydroxyl groups is 1. The topological polar surface area (TPSA) is 81.6 Å². The summed E-state index contributed by atoms with van der Waals surface area (Å²) in [4.78, 5) is 25.7. The third-order valence-electron chi connectivity index (χ3n) is 7.53. The first-order valence-electron chi connectivity index (χ1n) is 12.0. The van der Waals surface area contributed by atoms with Crippen LogP contribution in [0.4, 0.5) is 4.79 Å². The average Bonchev–Trinajstić information content (AvgIpc) is 3.32. The minimum Gasteiger partial charge on any atom is -0.395 e. The van der Waals surface area contributed by atoms with Crippen LogP contribution in [-0.4, -0.2) is 75.3 Å². The molecular formula is C25H33N5O2. The van der Waals surface area contributed by atoms with Crippen molar-refractivity contribution in [3.63, 3.8) is 0 Å². The fourth-order valence-electron chi connectivity index (χ4n) is 5.81. The minimum absolute atomic E-state index is 0.0874. The molecule has 7 heteroatoms. The molecule has 1 aromatic heterocycles. The summed E-state index contributed by atoms with van der Waals surface area (Å²) in [7, 11) is 0. The second-order valence-electron chi connectivity index (χ2n) is 9.41. The molecule has 0 unspecified atom stereocenters. The predicted octanol–water partition coefficient (Wildman–Crippen LogP) is 3.02. The van der Waals surface area contributed by atoms with Crippen LogP contribution in [0.25, 0.3) is 11.1 Å². The first kappa shape index (κ1) is 21.3. The number of fused-ring (bicyclic) bond motifs is 1. The zero-order valence-electron chi connectivity index (χ0n) is 18.6. The van der Waals surface area contributed by atoms with Crippen LogP contribution >= 0.6 is 0 Å². The van der Waals surface area contributed by atoms with Gasteiger partial charge in [-0.1, -0.05) is 37.1 Å². The summed E-state index contributed by atoms with van der Waals surface area (Å²) in [6, 6.07) is 9.32. The van der Waals surface area contributed by atoms with E-state index in [4.69, 9.17) is 0 Å². The lowest BCUT2D eigenvalue weighted by atomic mass is 9.74. The van der Waals surface area contributed by atoms with Gasteiger partial charge in [0.2, 0.25) is 0 Å². The normalized spacial score (nSPS) is 26.7. The number of hydrogen-bond acceptors (Lipinski definition) is 5. The lowest BCUT2D eigenvalue weighted by Gasteiger charge is -2.57. The highest BCUT2D eigenvalue weighted by Gasteiger charge is 2.49. The van der Waals surface area contributed by atoms with Gasteiger partial charge in [-0.05, 0) is 43.4 Å².